The van der Waals surface area contributed by atoms with Gasteiger partial charge in [0, 0.05) is 19.6 Å². The molecule has 2 fully saturated rings. The molecule has 0 unspecified atom stereocenters. The second kappa shape index (κ2) is 4.75. The molecule has 3 rings (SSSR count). The van der Waals surface area contributed by atoms with E-state index in [-0.39, 0.29) is 12.2 Å². The molecule has 2 heterocycles. The lowest BCUT2D eigenvalue weighted by molar-refractivity contribution is -0.143. The third-order valence-corrected chi connectivity index (χ3v) is 3.70. The summed E-state index contributed by atoms with van der Waals surface area (Å²) >= 11 is 0. The van der Waals surface area contributed by atoms with Crippen molar-refractivity contribution in [1.82, 2.24) is 4.90 Å². The number of benzene rings is 1. The van der Waals surface area contributed by atoms with E-state index in [4.69, 9.17) is 9.47 Å². The molecule has 0 N–H and O–H groups in total. The summed E-state index contributed by atoms with van der Waals surface area (Å²) in [4.78, 5) is 2.38. The first-order valence-corrected chi connectivity index (χ1v) is 6.83. The highest BCUT2D eigenvalue weighted by molar-refractivity contribution is 5.18. The molecule has 2 aliphatic heterocycles. The highest BCUT2D eigenvalue weighted by Crippen LogP contribution is 2.35. The average molecular weight is 259 g/mol. The van der Waals surface area contributed by atoms with Gasteiger partial charge in [-0.1, -0.05) is 36.9 Å². The average Bonchev–Trinajstić information content (AvgIpc) is 2.65. The number of ether oxygens (including phenoxy) is 2. The molecule has 1 aromatic carbocycles. The Morgan fingerprint density at radius 1 is 1.26 bits per heavy atom. The maximum absolute atomic E-state index is 5.97. The van der Waals surface area contributed by atoms with Crippen LogP contribution in [-0.4, -0.2) is 36.0 Å². The number of likely N-dealkylation sites (tertiary alicyclic amines) is 1. The fourth-order valence-corrected chi connectivity index (χ4v) is 2.97. The minimum Gasteiger partial charge on any atom is -0.343 e. The van der Waals surface area contributed by atoms with Crippen LogP contribution < -0.4 is 0 Å². The number of piperidine rings is 1. The van der Waals surface area contributed by atoms with Crippen LogP contribution in [0.15, 0.2) is 42.5 Å². The quantitative estimate of drug-likeness (QED) is 0.762. The van der Waals surface area contributed by atoms with Crippen LogP contribution in [0, 0.1) is 0 Å². The molecule has 0 aromatic heterocycles. The third-order valence-electron chi connectivity index (χ3n) is 3.70. The van der Waals surface area contributed by atoms with E-state index in [1.165, 1.54) is 5.56 Å². The first kappa shape index (κ1) is 12.9. The molecule has 2 atom stereocenters. The van der Waals surface area contributed by atoms with Crippen molar-refractivity contribution in [3.05, 3.63) is 48.0 Å². The van der Waals surface area contributed by atoms with Crippen molar-refractivity contribution in [2.24, 2.45) is 0 Å². The number of fused-ring (bicyclic) bond motifs is 1. The SMILES string of the molecule is C=C1CN(Cc2ccccc2)C[C@H]2OC(C)(C)O[C@H]12. The molecule has 0 bridgehead atoms. The molecule has 3 nitrogen and oxygen atoms in total. The van der Waals surface area contributed by atoms with Crippen LogP contribution in [0.2, 0.25) is 0 Å². The standard InChI is InChI=1S/C16H21NO2/c1-12-9-17(10-13-7-5-4-6-8-13)11-14-15(12)19-16(2,3)18-14/h4-8,14-15H,1,9-11H2,2-3H3/t14-,15-/m1/s1. The molecule has 2 aliphatic rings. The van der Waals surface area contributed by atoms with E-state index in [1.807, 2.05) is 19.9 Å². The van der Waals surface area contributed by atoms with Crippen LogP contribution in [0.3, 0.4) is 0 Å². The van der Waals surface area contributed by atoms with Crippen molar-refractivity contribution < 1.29 is 9.47 Å². The highest BCUT2D eigenvalue weighted by Gasteiger charge is 2.45. The van der Waals surface area contributed by atoms with Gasteiger partial charge >= 0.3 is 0 Å². The fraction of sp³-hybridized carbons (Fsp3) is 0.500. The lowest BCUT2D eigenvalue weighted by atomic mass is 10.00. The van der Waals surface area contributed by atoms with Gasteiger partial charge in [0.2, 0.25) is 0 Å². The molecule has 0 radical (unpaired) electrons. The maximum Gasteiger partial charge on any atom is 0.164 e. The Labute approximate surface area is 114 Å². The minimum absolute atomic E-state index is 0.0574. The summed E-state index contributed by atoms with van der Waals surface area (Å²) in [6.07, 6.45) is 0.169. The molecule has 19 heavy (non-hydrogen) atoms. The van der Waals surface area contributed by atoms with Gasteiger partial charge in [0.1, 0.15) is 12.2 Å². The van der Waals surface area contributed by atoms with E-state index in [1.54, 1.807) is 0 Å². The number of nitrogens with zero attached hydrogens (tertiary/aromatic N) is 1. The van der Waals surface area contributed by atoms with E-state index in [9.17, 15) is 0 Å². The van der Waals surface area contributed by atoms with Crippen molar-refractivity contribution in [1.29, 1.82) is 0 Å². The molecule has 0 amide bonds. The van der Waals surface area contributed by atoms with Crippen LogP contribution in [0.25, 0.3) is 0 Å². The number of hydrogen-bond acceptors (Lipinski definition) is 3. The lowest BCUT2D eigenvalue weighted by Gasteiger charge is -2.34. The molecular weight excluding hydrogens is 238 g/mol. The summed E-state index contributed by atoms with van der Waals surface area (Å²) in [5.41, 5.74) is 2.45. The van der Waals surface area contributed by atoms with Gasteiger partial charge in [-0.25, -0.2) is 0 Å². The van der Waals surface area contributed by atoms with E-state index in [0.29, 0.717) is 0 Å². The van der Waals surface area contributed by atoms with Crippen molar-refractivity contribution in [2.45, 2.75) is 38.4 Å². The lowest BCUT2D eigenvalue weighted by Crippen LogP contribution is -2.46. The van der Waals surface area contributed by atoms with Crippen molar-refractivity contribution in [3.63, 3.8) is 0 Å². The van der Waals surface area contributed by atoms with Crippen LogP contribution in [0.5, 0.6) is 0 Å². The first-order valence-electron chi connectivity index (χ1n) is 6.83. The van der Waals surface area contributed by atoms with Gasteiger partial charge < -0.3 is 9.47 Å². The molecular formula is C16H21NO2. The Kier molecular flexibility index (Phi) is 3.21. The highest BCUT2D eigenvalue weighted by atomic mass is 16.8. The zero-order valence-electron chi connectivity index (χ0n) is 11.6. The van der Waals surface area contributed by atoms with E-state index in [2.05, 4.69) is 35.7 Å². The Hall–Kier alpha value is -1.16. The first-order chi connectivity index (χ1) is 9.03. The minimum atomic E-state index is -0.485. The summed E-state index contributed by atoms with van der Waals surface area (Å²) < 4.78 is 11.9. The molecule has 1 aromatic rings. The van der Waals surface area contributed by atoms with E-state index in [0.717, 1.165) is 25.2 Å². The molecule has 2 saturated heterocycles. The summed E-state index contributed by atoms with van der Waals surface area (Å²) in [5.74, 6) is -0.485. The third kappa shape index (κ3) is 2.73. The molecule has 0 saturated carbocycles. The predicted molar refractivity (Wildman–Crippen MR) is 74.7 cm³/mol. The Morgan fingerprint density at radius 3 is 2.74 bits per heavy atom. The fourth-order valence-electron chi connectivity index (χ4n) is 2.97. The van der Waals surface area contributed by atoms with Gasteiger partial charge in [0.05, 0.1) is 0 Å². The van der Waals surface area contributed by atoms with E-state index >= 15 is 0 Å². The van der Waals surface area contributed by atoms with Crippen molar-refractivity contribution in [3.8, 4) is 0 Å². The van der Waals surface area contributed by atoms with Gasteiger partial charge in [0.15, 0.2) is 5.79 Å². The Balaban J connectivity index is 1.69. The summed E-state index contributed by atoms with van der Waals surface area (Å²) in [6, 6.07) is 10.5. The maximum atomic E-state index is 5.97. The van der Waals surface area contributed by atoms with Gasteiger partial charge in [-0.3, -0.25) is 4.90 Å². The Bertz CT molecular complexity index is 469. The predicted octanol–water partition coefficient (Wildman–Crippen LogP) is 2.58. The second-order valence-electron chi connectivity index (χ2n) is 5.91. The summed E-state index contributed by atoms with van der Waals surface area (Å²) in [7, 11) is 0. The largest absolute Gasteiger partial charge is 0.343 e. The zero-order valence-corrected chi connectivity index (χ0v) is 11.6. The Morgan fingerprint density at radius 2 is 2.00 bits per heavy atom. The van der Waals surface area contributed by atoms with Crippen LogP contribution in [0.1, 0.15) is 19.4 Å². The van der Waals surface area contributed by atoms with Gasteiger partial charge in [-0.2, -0.15) is 0 Å². The van der Waals surface area contributed by atoms with Gasteiger partial charge in [0.25, 0.3) is 0 Å². The zero-order chi connectivity index (χ0) is 13.5. The number of hydrogen-bond donors (Lipinski definition) is 0. The summed E-state index contributed by atoms with van der Waals surface area (Å²) in [5, 5.41) is 0. The monoisotopic (exact) mass is 259 g/mol. The smallest absolute Gasteiger partial charge is 0.164 e. The molecule has 0 spiro atoms. The topological polar surface area (TPSA) is 21.7 Å². The molecule has 102 valence electrons. The van der Waals surface area contributed by atoms with Crippen LogP contribution >= 0.6 is 0 Å². The van der Waals surface area contributed by atoms with Gasteiger partial charge in [-0.15, -0.1) is 0 Å². The molecule has 3 heteroatoms. The van der Waals surface area contributed by atoms with Crippen molar-refractivity contribution >= 4 is 0 Å². The molecule has 0 aliphatic carbocycles. The van der Waals surface area contributed by atoms with Crippen molar-refractivity contribution in [2.75, 3.05) is 13.1 Å². The van der Waals surface area contributed by atoms with E-state index < -0.39 is 5.79 Å². The second-order valence-corrected chi connectivity index (χ2v) is 5.91. The van der Waals surface area contributed by atoms with Gasteiger partial charge in [-0.05, 0) is 25.0 Å². The van der Waals surface area contributed by atoms with Crippen LogP contribution in [0.4, 0.5) is 0 Å². The summed E-state index contributed by atoms with van der Waals surface area (Å²) in [6.45, 7) is 10.8. The number of rotatable bonds is 2. The normalized spacial score (nSPS) is 30.3. The van der Waals surface area contributed by atoms with Crippen LogP contribution in [-0.2, 0) is 16.0 Å².